The summed E-state index contributed by atoms with van der Waals surface area (Å²) in [6, 6.07) is 5.09. The SMILES string of the molecule is O=C1CCCC[C@H]1C(O)C(F)N1C(=O)c2ccc(C3CCC3)cc2C1=O. The molecule has 6 heteroatoms. The summed E-state index contributed by atoms with van der Waals surface area (Å²) in [5, 5.41) is 10.3. The van der Waals surface area contributed by atoms with Crippen LogP contribution in [0.2, 0.25) is 0 Å². The summed E-state index contributed by atoms with van der Waals surface area (Å²) in [6.07, 6.45) is 1.53. The standard InChI is InChI=1S/C20H22FNO4/c21-18(17(24)14-6-1-2-7-16(14)23)22-19(25)13-9-8-12(11-4-3-5-11)10-15(13)20(22)26/h8-11,14,17-18,24H,1-7H2/t14-,17?,18?/m1/s1. The summed E-state index contributed by atoms with van der Waals surface area (Å²) < 4.78 is 14.9. The molecule has 1 aromatic carbocycles. The number of hydrogen-bond donors (Lipinski definition) is 1. The van der Waals surface area contributed by atoms with E-state index in [0.29, 0.717) is 23.7 Å². The third-order valence-electron chi connectivity index (χ3n) is 6.06. The second kappa shape index (κ2) is 6.58. The van der Waals surface area contributed by atoms with Crippen LogP contribution in [0.25, 0.3) is 0 Å². The normalized spacial score (nSPS) is 25.8. The highest BCUT2D eigenvalue weighted by molar-refractivity contribution is 6.21. The zero-order chi connectivity index (χ0) is 18.4. The second-order valence-electron chi connectivity index (χ2n) is 7.59. The van der Waals surface area contributed by atoms with Gasteiger partial charge in [-0.25, -0.2) is 9.29 Å². The molecule has 2 amide bonds. The van der Waals surface area contributed by atoms with Gasteiger partial charge in [-0.05, 0) is 49.3 Å². The fraction of sp³-hybridized carbons (Fsp3) is 0.550. The maximum atomic E-state index is 14.9. The average Bonchev–Trinajstić information content (AvgIpc) is 2.83. The summed E-state index contributed by atoms with van der Waals surface area (Å²) in [7, 11) is 0. The van der Waals surface area contributed by atoms with E-state index in [4.69, 9.17) is 0 Å². The highest BCUT2D eigenvalue weighted by atomic mass is 19.1. The number of hydrogen-bond acceptors (Lipinski definition) is 4. The van der Waals surface area contributed by atoms with E-state index in [1.54, 1.807) is 12.1 Å². The Bertz CT molecular complexity index is 773. The van der Waals surface area contributed by atoms with Crippen LogP contribution >= 0.6 is 0 Å². The van der Waals surface area contributed by atoms with Crippen molar-refractivity contribution < 1.29 is 23.9 Å². The second-order valence-corrected chi connectivity index (χ2v) is 7.59. The molecule has 0 bridgehead atoms. The van der Waals surface area contributed by atoms with Gasteiger partial charge in [-0.1, -0.05) is 18.9 Å². The van der Waals surface area contributed by atoms with Crippen LogP contribution in [-0.4, -0.2) is 40.0 Å². The zero-order valence-electron chi connectivity index (χ0n) is 14.5. The fourth-order valence-corrected chi connectivity index (χ4v) is 4.21. The third kappa shape index (κ3) is 2.67. The van der Waals surface area contributed by atoms with E-state index < -0.39 is 30.1 Å². The van der Waals surface area contributed by atoms with Gasteiger partial charge in [0, 0.05) is 12.3 Å². The Kier molecular flexibility index (Phi) is 4.39. The van der Waals surface area contributed by atoms with E-state index in [1.165, 1.54) is 0 Å². The van der Waals surface area contributed by atoms with E-state index in [-0.39, 0.29) is 16.9 Å². The Morgan fingerprint density at radius 1 is 1.00 bits per heavy atom. The van der Waals surface area contributed by atoms with E-state index in [1.807, 2.05) is 6.07 Å². The third-order valence-corrected chi connectivity index (χ3v) is 6.06. The van der Waals surface area contributed by atoms with Gasteiger partial charge < -0.3 is 5.11 Å². The predicted octanol–water partition coefficient (Wildman–Crippen LogP) is 2.97. The van der Waals surface area contributed by atoms with Crippen molar-refractivity contribution in [2.75, 3.05) is 0 Å². The molecule has 0 spiro atoms. The maximum absolute atomic E-state index is 14.9. The molecular formula is C20H22FNO4. The van der Waals surface area contributed by atoms with Gasteiger partial charge in [0.2, 0.25) is 6.30 Å². The van der Waals surface area contributed by atoms with Gasteiger partial charge in [-0.15, -0.1) is 0 Å². The number of ketones is 1. The van der Waals surface area contributed by atoms with E-state index in [0.717, 1.165) is 37.7 Å². The number of alkyl halides is 1. The number of rotatable bonds is 4. The highest BCUT2D eigenvalue weighted by Gasteiger charge is 2.46. The zero-order valence-corrected chi connectivity index (χ0v) is 14.5. The number of amides is 2. The fourth-order valence-electron chi connectivity index (χ4n) is 4.21. The summed E-state index contributed by atoms with van der Waals surface area (Å²) in [4.78, 5) is 37.7. The number of imide groups is 1. The Balaban J connectivity index is 1.57. The van der Waals surface area contributed by atoms with Crippen molar-refractivity contribution in [3.63, 3.8) is 0 Å². The number of aliphatic hydroxyl groups is 1. The van der Waals surface area contributed by atoms with Gasteiger partial charge in [0.15, 0.2) is 0 Å². The van der Waals surface area contributed by atoms with Crippen LogP contribution < -0.4 is 0 Å². The molecule has 4 rings (SSSR count). The van der Waals surface area contributed by atoms with Crippen LogP contribution in [0.1, 0.15) is 77.1 Å². The molecule has 1 aliphatic heterocycles. The lowest BCUT2D eigenvalue weighted by Crippen LogP contribution is -2.49. The van der Waals surface area contributed by atoms with Crippen LogP contribution in [-0.2, 0) is 4.79 Å². The summed E-state index contributed by atoms with van der Waals surface area (Å²) in [5.74, 6) is -2.12. The lowest BCUT2D eigenvalue weighted by atomic mass is 9.79. The van der Waals surface area contributed by atoms with E-state index in [2.05, 4.69) is 0 Å². The van der Waals surface area contributed by atoms with Crippen molar-refractivity contribution in [1.82, 2.24) is 4.90 Å². The largest absolute Gasteiger partial charge is 0.387 e. The molecule has 138 valence electrons. The topological polar surface area (TPSA) is 74.7 Å². The van der Waals surface area contributed by atoms with Crippen LogP contribution in [0.5, 0.6) is 0 Å². The number of carbonyl (C=O) groups excluding carboxylic acids is 3. The smallest absolute Gasteiger partial charge is 0.264 e. The molecular weight excluding hydrogens is 337 g/mol. The lowest BCUT2D eigenvalue weighted by Gasteiger charge is -2.30. The van der Waals surface area contributed by atoms with Crippen LogP contribution in [0.15, 0.2) is 18.2 Å². The number of carbonyl (C=O) groups is 3. The Labute approximate surface area is 151 Å². The van der Waals surface area contributed by atoms with Crippen molar-refractivity contribution in [2.24, 2.45) is 5.92 Å². The van der Waals surface area contributed by atoms with Crippen molar-refractivity contribution in [3.8, 4) is 0 Å². The molecule has 2 saturated carbocycles. The van der Waals surface area contributed by atoms with Crippen molar-refractivity contribution in [2.45, 2.75) is 63.3 Å². The first-order valence-electron chi connectivity index (χ1n) is 9.35. The van der Waals surface area contributed by atoms with Crippen molar-refractivity contribution in [1.29, 1.82) is 0 Å². The Morgan fingerprint density at radius 3 is 2.38 bits per heavy atom. The molecule has 1 N–H and O–H groups in total. The summed E-state index contributed by atoms with van der Waals surface area (Å²) >= 11 is 0. The molecule has 2 fully saturated rings. The number of fused-ring (bicyclic) bond motifs is 1. The molecule has 3 atom stereocenters. The van der Waals surface area contributed by atoms with Gasteiger partial charge in [0.25, 0.3) is 11.8 Å². The van der Waals surface area contributed by atoms with Crippen LogP contribution in [0.3, 0.4) is 0 Å². The van der Waals surface area contributed by atoms with Gasteiger partial charge in [-0.2, -0.15) is 0 Å². The Morgan fingerprint density at radius 2 is 1.73 bits per heavy atom. The quantitative estimate of drug-likeness (QED) is 0.662. The van der Waals surface area contributed by atoms with Crippen LogP contribution in [0, 0.1) is 5.92 Å². The molecule has 0 radical (unpaired) electrons. The molecule has 2 aliphatic carbocycles. The first kappa shape index (κ1) is 17.3. The van der Waals surface area contributed by atoms with Gasteiger partial charge >= 0.3 is 0 Å². The minimum absolute atomic E-state index is 0.169. The van der Waals surface area contributed by atoms with Gasteiger partial charge in [0.1, 0.15) is 11.9 Å². The number of nitrogens with zero attached hydrogens (tertiary/aromatic N) is 1. The van der Waals surface area contributed by atoms with Crippen molar-refractivity contribution in [3.05, 3.63) is 34.9 Å². The number of halogens is 1. The first-order valence-corrected chi connectivity index (χ1v) is 9.35. The Hall–Kier alpha value is -2.08. The lowest BCUT2D eigenvalue weighted by molar-refractivity contribution is -0.132. The number of aliphatic hydroxyl groups excluding tert-OH is 1. The first-order chi connectivity index (χ1) is 12.5. The molecule has 2 unspecified atom stereocenters. The van der Waals surface area contributed by atoms with Crippen molar-refractivity contribution >= 4 is 17.6 Å². The average molecular weight is 359 g/mol. The minimum atomic E-state index is -2.21. The molecule has 26 heavy (non-hydrogen) atoms. The molecule has 3 aliphatic rings. The molecule has 1 aromatic rings. The summed E-state index contributed by atoms with van der Waals surface area (Å²) in [5.41, 5.74) is 1.36. The van der Waals surface area contributed by atoms with Gasteiger partial charge in [0.05, 0.1) is 11.1 Å². The van der Waals surface area contributed by atoms with E-state index >= 15 is 0 Å². The molecule has 5 nitrogen and oxygen atoms in total. The maximum Gasteiger partial charge on any atom is 0.264 e. The molecule has 0 saturated heterocycles. The number of Topliss-reactive ketones (excluding diaryl/α,β-unsaturated/α-hetero) is 1. The minimum Gasteiger partial charge on any atom is -0.387 e. The van der Waals surface area contributed by atoms with Gasteiger partial charge in [-0.3, -0.25) is 14.4 Å². The van der Waals surface area contributed by atoms with Crippen LogP contribution in [0.4, 0.5) is 4.39 Å². The van der Waals surface area contributed by atoms with E-state index in [9.17, 15) is 23.9 Å². The molecule has 0 aromatic heterocycles. The highest BCUT2D eigenvalue weighted by Crippen LogP contribution is 2.39. The number of benzene rings is 1. The monoisotopic (exact) mass is 359 g/mol. The molecule has 1 heterocycles. The predicted molar refractivity (Wildman–Crippen MR) is 91.4 cm³/mol. The summed E-state index contributed by atoms with van der Waals surface area (Å²) in [6.45, 7) is 0.